The molecule has 4 rings (SSSR count). The van der Waals surface area contributed by atoms with Crippen LogP contribution in [0.1, 0.15) is 11.5 Å². The number of halogens is 1. The normalized spacial score (nSPS) is 16.9. The first-order valence-electron chi connectivity index (χ1n) is 8.22. The minimum Gasteiger partial charge on any atom is -0.321 e. The molecule has 24 heavy (non-hydrogen) atoms. The van der Waals surface area contributed by atoms with Crippen LogP contribution >= 0.6 is 11.6 Å². The summed E-state index contributed by atoms with van der Waals surface area (Å²) in [5.41, 5.74) is 2.14. The Balaban J connectivity index is 1.33. The zero-order valence-electron chi connectivity index (χ0n) is 13.8. The van der Waals surface area contributed by atoms with E-state index < -0.39 is 0 Å². The first-order chi connectivity index (χ1) is 11.7. The second-order valence-electron chi connectivity index (χ2n) is 6.31. The summed E-state index contributed by atoms with van der Waals surface area (Å²) in [6.07, 6.45) is 5.88. The van der Waals surface area contributed by atoms with Crippen molar-refractivity contribution >= 4 is 17.2 Å². The van der Waals surface area contributed by atoms with Crippen molar-refractivity contribution in [3.63, 3.8) is 0 Å². The van der Waals surface area contributed by atoms with E-state index in [1.165, 1.54) is 0 Å². The number of nitrogens with zero attached hydrogens (tertiary/aromatic N) is 6. The van der Waals surface area contributed by atoms with Crippen LogP contribution in [0.15, 0.2) is 36.8 Å². The van der Waals surface area contributed by atoms with Gasteiger partial charge in [0.25, 0.3) is 0 Å². The van der Waals surface area contributed by atoms with Crippen molar-refractivity contribution < 1.29 is 0 Å². The molecule has 0 saturated carbocycles. The summed E-state index contributed by atoms with van der Waals surface area (Å²) < 4.78 is 4.03. The van der Waals surface area contributed by atoms with Crippen molar-refractivity contribution in [2.75, 3.05) is 26.2 Å². The van der Waals surface area contributed by atoms with Gasteiger partial charge in [0.05, 0.1) is 18.4 Å². The van der Waals surface area contributed by atoms with Gasteiger partial charge in [-0.2, -0.15) is 0 Å². The largest absolute Gasteiger partial charge is 0.321 e. The molecule has 1 fully saturated rings. The molecule has 0 radical (unpaired) electrons. The summed E-state index contributed by atoms with van der Waals surface area (Å²) in [7, 11) is 1.96. The molecule has 7 heteroatoms. The molecule has 1 aliphatic heterocycles. The SMILES string of the molecule is Cn1c(Cl)cnc1CN1CCN(Cc2cn3ccccc3n2)CC1. The highest BCUT2D eigenvalue weighted by atomic mass is 35.5. The van der Waals surface area contributed by atoms with E-state index in [1.54, 1.807) is 6.20 Å². The molecule has 4 heterocycles. The molecule has 0 aliphatic carbocycles. The molecule has 0 N–H and O–H groups in total. The van der Waals surface area contributed by atoms with E-state index in [0.29, 0.717) is 5.15 Å². The summed E-state index contributed by atoms with van der Waals surface area (Å²) in [5.74, 6) is 1.02. The van der Waals surface area contributed by atoms with E-state index in [-0.39, 0.29) is 0 Å². The Kier molecular flexibility index (Phi) is 4.26. The average Bonchev–Trinajstić information content (AvgIpc) is 3.14. The molecular weight excluding hydrogens is 324 g/mol. The molecule has 0 aromatic carbocycles. The van der Waals surface area contributed by atoms with Crippen LogP contribution in [0, 0.1) is 0 Å². The lowest BCUT2D eigenvalue weighted by Gasteiger charge is -2.34. The number of hydrogen-bond acceptors (Lipinski definition) is 4. The van der Waals surface area contributed by atoms with Crippen LogP contribution in [-0.4, -0.2) is 54.9 Å². The molecule has 0 bridgehead atoms. The van der Waals surface area contributed by atoms with Crippen molar-refractivity contribution in [1.82, 2.24) is 28.7 Å². The molecule has 3 aromatic heterocycles. The van der Waals surface area contributed by atoms with Crippen molar-refractivity contribution in [2.45, 2.75) is 13.1 Å². The van der Waals surface area contributed by atoms with E-state index in [2.05, 4.69) is 30.4 Å². The minimum atomic E-state index is 0.690. The minimum absolute atomic E-state index is 0.690. The lowest BCUT2D eigenvalue weighted by molar-refractivity contribution is 0.118. The molecule has 0 atom stereocenters. The quantitative estimate of drug-likeness (QED) is 0.726. The number of fused-ring (bicyclic) bond motifs is 1. The number of piperazine rings is 1. The van der Waals surface area contributed by atoms with E-state index in [4.69, 9.17) is 11.6 Å². The van der Waals surface area contributed by atoms with Crippen LogP contribution in [0.3, 0.4) is 0 Å². The maximum atomic E-state index is 6.06. The topological polar surface area (TPSA) is 41.6 Å². The smallest absolute Gasteiger partial charge is 0.137 e. The fourth-order valence-electron chi connectivity index (χ4n) is 3.17. The Morgan fingerprint density at radius 1 is 1.08 bits per heavy atom. The Morgan fingerprint density at radius 2 is 1.83 bits per heavy atom. The van der Waals surface area contributed by atoms with Crippen LogP contribution in [0.2, 0.25) is 5.15 Å². The van der Waals surface area contributed by atoms with Gasteiger partial charge in [-0.25, -0.2) is 9.97 Å². The van der Waals surface area contributed by atoms with Gasteiger partial charge in [-0.05, 0) is 12.1 Å². The molecule has 126 valence electrons. The van der Waals surface area contributed by atoms with Gasteiger partial charge in [-0.3, -0.25) is 9.80 Å². The van der Waals surface area contributed by atoms with Gasteiger partial charge in [0.2, 0.25) is 0 Å². The first kappa shape index (κ1) is 15.6. The van der Waals surface area contributed by atoms with Gasteiger partial charge in [-0.1, -0.05) is 17.7 Å². The van der Waals surface area contributed by atoms with Crippen LogP contribution in [0.4, 0.5) is 0 Å². The maximum absolute atomic E-state index is 6.06. The van der Waals surface area contributed by atoms with Crippen molar-refractivity contribution in [3.8, 4) is 0 Å². The van der Waals surface area contributed by atoms with Crippen molar-refractivity contribution in [2.24, 2.45) is 7.05 Å². The lowest BCUT2D eigenvalue weighted by atomic mass is 10.3. The van der Waals surface area contributed by atoms with Crippen LogP contribution in [0.5, 0.6) is 0 Å². The Bertz CT molecular complexity index is 798. The number of pyridine rings is 1. The third-order valence-electron chi connectivity index (χ3n) is 4.66. The number of rotatable bonds is 4. The zero-order chi connectivity index (χ0) is 16.5. The maximum Gasteiger partial charge on any atom is 0.137 e. The van der Waals surface area contributed by atoms with Gasteiger partial charge >= 0.3 is 0 Å². The van der Waals surface area contributed by atoms with E-state index >= 15 is 0 Å². The summed E-state index contributed by atoms with van der Waals surface area (Å²) in [4.78, 5) is 14.0. The Hall–Kier alpha value is -1.89. The number of aromatic nitrogens is 4. The molecule has 6 nitrogen and oxygen atoms in total. The number of hydrogen-bond donors (Lipinski definition) is 0. The predicted octanol–water partition coefficient (Wildman–Crippen LogP) is 2.04. The molecule has 0 unspecified atom stereocenters. The second-order valence-corrected chi connectivity index (χ2v) is 6.69. The Morgan fingerprint density at radius 3 is 2.50 bits per heavy atom. The van der Waals surface area contributed by atoms with Crippen LogP contribution in [-0.2, 0) is 20.1 Å². The predicted molar refractivity (Wildman–Crippen MR) is 94.0 cm³/mol. The van der Waals surface area contributed by atoms with Gasteiger partial charge in [0, 0.05) is 52.2 Å². The monoisotopic (exact) mass is 344 g/mol. The first-order valence-corrected chi connectivity index (χ1v) is 8.60. The van der Waals surface area contributed by atoms with Crippen molar-refractivity contribution in [1.29, 1.82) is 0 Å². The molecule has 1 aliphatic rings. The molecular formula is C17H21ClN6. The molecule has 3 aromatic rings. The highest BCUT2D eigenvalue weighted by Gasteiger charge is 2.19. The summed E-state index contributed by atoms with van der Waals surface area (Å²) in [5, 5.41) is 0.690. The second kappa shape index (κ2) is 6.55. The van der Waals surface area contributed by atoms with Crippen LogP contribution < -0.4 is 0 Å². The molecule has 0 spiro atoms. The van der Waals surface area contributed by atoms with Gasteiger partial charge in [0.1, 0.15) is 16.6 Å². The third-order valence-corrected chi connectivity index (χ3v) is 5.01. The fraction of sp³-hybridized carbons (Fsp3) is 0.412. The van der Waals surface area contributed by atoms with Gasteiger partial charge < -0.3 is 8.97 Å². The average molecular weight is 345 g/mol. The summed E-state index contributed by atoms with van der Waals surface area (Å²) in [6.45, 7) is 5.93. The standard InChI is InChI=1S/C17H21ClN6/c1-21-15(18)10-19-17(21)13-23-8-6-22(7-9-23)11-14-12-24-5-3-2-4-16(24)20-14/h2-5,10,12H,6-9,11,13H2,1H3. The summed E-state index contributed by atoms with van der Waals surface area (Å²) >= 11 is 6.06. The molecule has 1 saturated heterocycles. The number of imidazole rings is 2. The highest BCUT2D eigenvalue weighted by molar-refractivity contribution is 6.29. The van der Waals surface area contributed by atoms with Gasteiger partial charge in [0.15, 0.2) is 0 Å². The van der Waals surface area contributed by atoms with E-state index in [9.17, 15) is 0 Å². The molecule has 0 amide bonds. The Labute approximate surface area is 146 Å². The van der Waals surface area contributed by atoms with E-state index in [0.717, 1.165) is 56.4 Å². The highest BCUT2D eigenvalue weighted by Crippen LogP contribution is 2.14. The van der Waals surface area contributed by atoms with Crippen molar-refractivity contribution in [3.05, 3.63) is 53.5 Å². The van der Waals surface area contributed by atoms with Gasteiger partial charge in [-0.15, -0.1) is 0 Å². The summed E-state index contributed by atoms with van der Waals surface area (Å²) in [6, 6.07) is 6.09. The van der Waals surface area contributed by atoms with Crippen LogP contribution in [0.25, 0.3) is 5.65 Å². The fourth-order valence-corrected chi connectivity index (χ4v) is 3.32. The van der Waals surface area contributed by atoms with E-state index in [1.807, 2.05) is 36.0 Å². The lowest BCUT2D eigenvalue weighted by Crippen LogP contribution is -2.45. The third kappa shape index (κ3) is 3.17. The zero-order valence-corrected chi connectivity index (χ0v) is 14.5.